The standard InChI is InChI=1S/C14H20O3S/c1-5-16-11-8-6-7-9-12(11)17-13(15)10-18-14(2,3)4/h6-9H,5,10H2,1-4H3. The van der Waals surface area contributed by atoms with Gasteiger partial charge in [0.1, 0.15) is 0 Å². The van der Waals surface area contributed by atoms with E-state index in [1.807, 2.05) is 19.1 Å². The molecule has 1 aromatic rings. The molecule has 0 atom stereocenters. The highest BCUT2D eigenvalue weighted by atomic mass is 32.2. The lowest BCUT2D eigenvalue weighted by Gasteiger charge is -2.17. The van der Waals surface area contributed by atoms with Gasteiger partial charge >= 0.3 is 5.97 Å². The van der Waals surface area contributed by atoms with E-state index < -0.39 is 0 Å². The van der Waals surface area contributed by atoms with Crippen LogP contribution in [0.3, 0.4) is 0 Å². The topological polar surface area (TPSA) is 35.5 Å². The maximum atomic E-state index is 11.7. The molecule has 0 saturated heterocycles. The predicted octanol–water partition coefficient (Wildman–Crippen LogP) is 3.52. The van der Waals surface area contributed by atoms with E-state index in [4.69, 9.17) is 9.47 Å². The van der Waals surface area contributed by atoms with E-state index in [-0.39, 0.29) is 10.7 Å². The average Bonchev–Trinajstić information content (AvgIpc) is 2.29. The summed E-state index contributed by atoms with van der Waals surface area (Å²) >= 11 is 1.56. The van der Waals surface area contributed by atoms with Gasteiger partial charge in [-0.3, -0.25) is 4.79 Å². The Morgan fingerprint density at radius 3 is 2.39 bits per heavy atom. The fraction of sp³-hybridized carbons (Fsp3) is 0.500. The average molecular weight is 268 g/mol. The number of benzene rings is 1. The normalized spacial score (nSPS) is 11.1. The van der Waals surface area contributed by atoms with Crippen LogP contribution in [0.25, 0.3) is 0 Å². The van der Waals surface area contributed by atoms with E-state index in [1.54, 1.807) is 23.9 Å². The summed E-state index contributed by atoms with van der Waals surface area (Å²) in [7, 11) is 0. The first-order valence-electron chi connectivity index (χ1n) is 5.99. The molecule has 0 fully saturated rings. The number of hydrogen-bond acceptors (Lipinski definition) is 4. The molecule has 0 amide bonds. The lowest BCUT2D eigenvalue weighted by molar-refractivity contribution is -0.131. The summed E-state index contributed by atoms with van der Waals surface area (Å²) in [4.78, 5) is 11.7. The third kappa shape index (κ3) is 5.45. The van der Waals surface area contributed by atoms with Gasteiger partial charge in [0, 0.05) is 4.75 Å². The number of ether oxygens (including phenoxy) is 2. The summed E-state index contributed by atoms with van der Waals surface area (Å²) in [5, 5.41) is 0. The van der Waals surface area contributed by atoms with Gasteiger partial charge in [0.2, 0.25) is 0 Å². The van der Waals surface area contributed by atoms with Crippen molar-refractivity contribution in [2.24, 2.45) is 0 Å². The Balaban J connectivity index is 2.59. The maximum absolute atomic E-state index is 11.7. The molecular formula is C14H20O3S. The fourth-order valence-electron chi connectivity index (χ4n) is 1.24. The predicted molar refractivity (Wildman–Crippen MR) is 75.5 cm³/mol. The molecule has 1 rings (SSSR count). The molecule has 18 heavy (non-hydrogen) atoms. The van der Waals surface area contributed by atoms with E-state index in [2.05, 4.69) is 20.8 Å². The third-order valence-electron chi connectivity index (χ3n) is 2.00. The van der Waals surface area contributed by atoms with Crippen LogP contribution in [0.15, 0.2) is 24.3 Å². The number of carbonyl (C=O) groups excluding carboxylic acids is 1. The molecule has 0 unspecified atom stereocenters. The summed E-state index contributed by atoms with van der Waals surface area (Å²) in [6.07, 6.45) is 0. The highest BCUT2D eigenvalue weighted by Gasteiger charge is 2.15. The largest absolute Gasteiger partial charge is 0.490 e. The highest BCUT2D eigenvalue weighted by molar-refractivity contribution is 8.01. The van der Waals surface area contributed by atoms with E-state index in [9.17, 15) is 4.79 Å². The van der Waals surface area contributed by atoms with Crippen LogP contribution in [-0.4, -0.2) is 23.1 Å². The van der Waals surface area contributed by atoms with Crippen molar-refractivity contribution in [2.45, 2.75) is 32.4 Å². The Bertz CT molecular complexity index is 396. The van der Waals surface area contributed by atoms with Crippen LogP contribution in [0.2, 0.25) is 0 Å². The molecule has 0 N–H and O–H groups in total. The van der Waals surface area contributed by atoms with Crippen molar-refractivity contribution in [3.8, 4) is 11.5 Å². The van der Waals surface area contributed by atoms with E-state index in [0.29, 0.717) is 23.9 Å². The van der Waals surface area contributed by atoms with Gasteiger partial charge in [-0.1, -0.05) is 32.9 Å². The Labute approximate surface area is 113 Å². The van der Waals surface area contributed by atoms with Crippen LogP contribution in [0.4, 0.5) is 0 Å². The molecule has 3 nitrogen and oxygen atoms in total. The zero-order valence-electron chi connectivity index (χ0n) is 11.4. The third-order valence-corrected chi connectivity index (χ3v) is 3.24. The summed E-state index contributed by atoms with van der Waals surface area (Å²) in [6, 6.07) is 7.21. The van der Waals surface area contributed by atoms with Crippen LogP contribution in [0.5, 0.6) is 11.5 Å². The molecule has 0 radical (unpaired) electrons. The first kappa shape index (κ1) is 14.9. The number of esters is 1. The van der Waals surface area contributed by atoms with Gasteiger partial charge in [-0.25, -0.2) is 0 Å². The van der Waals surface area contributed by atoms with Gasteiger partial charge in [0.05, 0.1) is 12.4 Å². The van der Waals surface area contributed by atoms with Crippen molar-refractivity contribution < 1.29 is 14.3 Å². The van der Waals surface area contributed by atoms with Crippen molar-refractivity contribution in [2.75, 3.05) is 12.4 Å². The minimum absolute atomic E-state index is 0.0540. The lowest BCUT2D eigenvalue weighted by atomic mass is 10.3. The zero-order valence-corrected chi connectivity index (χ0v) is 12.2. The van der Waals surface area contributed by atoms with Gasteiger partial charge in [0.15, 0.2) is 11.5 Å². The molecule has 0 aliphatic carbocycles. The van der Waals surface area contributed by atoms with Gasteiger partial charge in [-0.2, -0.15) is 0 Å². The van der Waals surface area contributed by atoms with Gasteiger partial charge in [-0.15, -0.1) is 11.8 Å². The number of hydrogen-bond donors (Lipinski definition) is 0. The summed E-state index contributed by atoms with van der Waals surface area (Å²) in [6.45, 7) is 8.65. The number of rotatable bonds is 5. The van der Waals surface area contributed by atoms with Gasteiger partial charge in [0.25, 0.3) is 0 Å². The summed E-state index contributed by atoms with van der Waals surface area (Å²) < 4.78 is 10.8. The number of carbonyl (C=O) groups is 1. The highest BCUT2D eigenvalue weighted by Crippen LogP contribution is 2.28. The van der Waals surface area contributed by atoms with Crippen molar-refractivity contribution in [1.29, 1.82) is 0 Å². The quantitative estimate of drug-likeness (QED) is 0.604. The Morgan fingerprint density at radius 1 is 1.22 bits per heavy atom. The molecular weight excluding hydrogens is 248 g/mol. The van der Waals surface area contributed by atoms with Crippen molar-refractivity contribution in [3.05, 3.63) is 24.3 Å². The Hall–Kier alpha value is -1.16. The fourth-order valence-corrected chi connectivity index (χ4v) is 1.85. The molecule has 0 spiro atoms. The van der Waals surface area contributed by atoms with Crippen LogP contribution < -0.4 is 9.47 Å². The van der Waals surface area contributed by atoms with E-state index in [0.717, 1.165) is 0 Å². The smallest absolute Gasteiger partial charge is 0.321 e. The van der Waals surface area contributed by atoms with Crippen LogP contribution >= 0.6 is 11.8 Å². The Kier molecular flexibility index (Phi) is 5.54. The number of thioether (sulfide) groups is 1. The van der Waals surface area contributed by atoms with Crippen LogP contribution in [0, 0.1) is 0 Å². The minimum Gasteiger partial charge on any atom is -0.490 e. The van der Waals surface area contributed by atoms with Crippen molar-refractivity contribution in [1.82, 2.24) is 0 Å². The maximum Gasteiger partial charge on any atom is 0.321 e. The molecule has 4 heteroatoms. The van der Waals surface area contributed by atoms with Crippen LogP contribution in [0.1, 0.15) is 27.7 Å². The molecule has 0 bridgehead atoms. The SMILES string of the molecule is CCOc1ccccc1OC(=O)CSC(C)(C)C. The molecule has 100 valence electrons. The monoisotopic (exact) mass is 268 g/mol. The zero-order chi connectivity index (χ0) is 13.6. The minimum atomic E-state index is -0.248. The second-order valence-electron chi connectivity index (χ2n) is 4.75. The van der Waals surface area contributed by atoms with Crippen LogP contribution in [-0.2, 0) is 4.79 Å². The second kappa shape index (κ2) is 6.69. The van der Waals surface area contributed by atoms with Gasteiger partial charge in [-0.05, 0) is 19.1 Å². The van der Waals surface area contributed by atoms with Crippen molar-refractivity contribution >= 4 is 17.7 Å². The van der Waals surface area contributed by atoms with E-state index in [1.165, 1.54) is 0 Å². The molecule has 0 aliphatic rings. The second-order valence-corrected chi connectivity index (χ2v) is 6.56. The molecule has 1 aromatic carbocycles. The van der Waals surface area contributed by atoms with Gasteiger partial charge < -0.3 is 9.47 Å². The summed E-state index contributed by atoms with van der Waals surface area (Å²) in [5.74, 6) is 1.18. The van der Waals surface area contributed by atoms with E-state index >= 15 is 0 Å². The first-order valence-corrected chi connectivity index (χ1v) is 6.97. The molecule has 0 aliphatic heterocycles. The Morgan fingerprint density at radius 2 is 1.83 bits per heavy atom. The molecule has 0 aromatic heterocycles. The number of para-hydroxylation sites is 2. The van der Waals surface area contributed by atoms with Crippen molar-refractivity contribution in [3.63, 3.8) is 0 Å². The molecule has 0 heterocycles. The molecule has 0 saturated carbocycles. The lowest BCUT2D eigenvalue weighted by Crippen LogP contribution is -2.17. The first-order chi connectivity index (χ1) is 8.42. The summed E-state index contributed by atoms with van der Waals surface area (Å²) in [5.41, 5.74) is 0.